The maximum absolute atomic E-state index is 10.9. The molecule has 0 aromatic carbocycles. The Labute approximate surface area is 80.2 Å². The Bertz CT molecular complexity index is 373. The van der Waals surface area contributed by atoms with Gasteiger partial charge in [-0.25, -0.2) is 9.35 Å². The lowest BCUT2D eigenvalue weighted by Gasteiger charge is -2.19. The van der Waals surface area contributed by atoms with Crippen molar-refractivity contribution < 1.29 is 17.0 Å². The van der Waals surface area contributed by atoms with Gasteiger partial charge in [-0.1, -0.05) is 0 Å². The van der Waals surface area contributed by atoms with Crippen LogP contribution in [0.5, 0.6) is 0 Å². The summed E-state index contributed by atoms with van der Waals surface area (Å²) >= 11 is 0. The Hall–Kier alpha value is -1.55. The van der Waals surface area contributed by atoms with Gasteiger partial charge in [-0.3, -0.25) is 0 Å². The fraction of sp³-hybridized carbons (Fsp3) is 0.500. The summed E-state index contributed by atoms with van der Waals surface area (Å²) in [5.74, 6) is -0.631. The third-order valence-corrected chi connectivity index (χ3v) is 1.79. The van der Waals surface area contributed by atoms with Crippen molar-refractivity contribution in [1.29, 1.82) is 0 Å². The number of guanidine groups is 2. The lowest BCUT2D eigenvalue weighted by atomic mass is 10.7. The van der Waals surface area contributed by atoms with Crippen molar-refractivity contribution in [3.8, 4) is 0 Å². The lowest BCUT2D eigenvalue weighted by molar-refractivity contribution is 0.00874. The van der Waals surface area contributed by atoms with Crippen molar-refractivity contribution in [2.45, 2.75) is 6.92 Å². The molecule has 1 aliphatic heterocycles. The lowest BCUT2D eigenvalue weighted by Crippen LogP contribution is -2.41. The van der Waals surface area contributed by atoms with E-state index in [1.165, 1.54) is 0 Å². The zero-order valence-corrected chi connectivity index (χ0v) is 8.06. The molecule has 0 bridgehead atoms. The number of oxime groups is 1. The summed E-state index contributed by atoms with van der Waals surface area (Å²) < 4.78 is 30.2. The fourth-order valence-electron chi connectivity index (χ4n) is 0.654. The summed E-state index contributed by atoms with van der Waals surface area (Å²) in [6.07, 6.45) is 0. The summed E-state index contributed by atoms with van der Waals surface area (Å²) in [4.78, 5) is 3.49. The highest BCUT2D eigenvalue weighted by atomic mass is 32.3. The molecule has 0 atom stereocenters. The van der Waals surface area contributed by atoms with Gasteiger partial charge in [-0.05, 0) is 12.1 Å². The summed E-state index contributed by atoms with van der Waals surface area (Å²) in [6.45, 7) is 1.76. The largest absolute Gasteiger partial charge is 0.491 e. The zero-order chi connectivity index (χ0) is 10.8. The van der Waals surface area contributed by atoms with E-state index in [4.69, 9.17) is 11.5 Å². The maximum atomic E-state index is 10.9. The predicted molar refractivity (Wildman–Crippen MR) is 46.7 cm³/mol. The molecule has 0 aliphatic carbocycles. The first kappa shape index (κ1) is 10.5. The SMILES string of the molecule is CCN1OS(=O)(=O)O/N=C(N)\N=C/1N. The molecule has 0 unspecified atom stereocenters. The Morgan fingerprint density at radius 2 is 2.14 bits per heavy atom. The van der Waals surface area contributed by atoms with Crippen LogP contribution in [0.2, 0.25) is 0 Å². The highest BCUT2D eigenvalue weighted by molar-refractivity contribution is 7.81. The van der Waals surface area contributed by atoms with E-state index in [9.17, 15) is 8.42 Å². The number of hydrogen-bond donors (Lipinski definition) is 2. The molecule has 0 fully saturated rings. The molecular weight excluding hydrogens is 214 g/mol. The second-order valence-corrected chi connectivity index (χ2v) is 3.29. The van der Waals surface area contributed by atoms with Gasteiger partial charge in [-0.15, -0.1) is 4.28 Å². The number of nitrogens with zero attached hydrogens (tertiary/aromatic N) is 3. The maximum Gasteiger partial charge on any atom is 0.491 e. The van der Waals surface area contributed by atoms with E-state index < -0.39 is 16.4 Å². The number of hydroxylamine groups is 2. The first-order valence-corrected chi connectivity index (χ1v) is 4.86. The molecule has 0 aromatic rings. The summed E-state index contributed by atoms with van der Waals surface area (Å²) in [7, 11) is -4.27. The molecule has 9 nitrogen and oxygen atoms in total. The van der Waals surface area contributed by atoms with Crippen LogP contribution in [0.3, 0.4) is 0 Å². The molecule has 0 amide bonds. The van der Waals surface area contributed by atoms with E-state index in [1.807, 2.05) is 0 Å². The highest BCUT2D eigenvalue weighted by Crippen LogP contribution is 2.04. The van der Waals surface area contributed by atoms with E-state index in [0.717, 1.165) is 5.06 Å². The molecule has 0 radical (unpaired) electrons. The van der Waals surface area contributed by atoms with E-state index in [1.54, 1.807) is 6.92 Å². The minimum atomic E-state index is -4.27. The van der Waals surface area contributed by atoms with E-state index >= 15 is 0 Å². The van der Waals surface area contributed by atoms with E-state index in [0.29, 0.717) is 0 Å². The van der Waals surface area contributed by atoms with Crippen LogP contribution < -0.4 is 11.5 Å². The van der Waals surface area contributed by atoms with Crippen molar-refractivity contribution in [2.75, 3.05) is 6.54 Å². The molecule has 10 heteroatoms. The molecule has 0 spiro atoms. The molecule has 1 rings (SSSR count). The van der Waals surface area contributed by atoms with Crippen LogP contribution in [0.15, 0.2) is 10.1 Å². The van der Waals surface area contributed by atoms with E-state index in [-0.39, 0.29) is 12.5 Å². The van der Waals surface area contributed by atoms with Gasteiger partial charge < -0.3 is 11.5 Å². The van der Waals surface area contributed by atoms with Crippen LogP contribution in [-0.4, -0.2) is 31.9 Å². The molecule has 0 saturated heterocycles. The van der Waals surface area contributed by atoms with Gasteiger partial charge in [-0.2, -0.15) is 13.4 Å². The molecule has 1 aliphatic rings. The first-order valence-electron chi connectivity index (χ1n) is 3.53. The second-order valence-electron chi connectivity index (χ2n) is 2.17. The molecule has 1 heterocycles. The van der Waals surface area contributed by atoms with Crippen LogP contribution in [0.1, 0.15) is 6.92 Å². The third kappa shape index (κ3) is 2.47. The molecule has 0 saturated carbocycles. The third-order valence-electron chi connectivity index (χ3n) is 1.18. The summed E-state index contributed by atoms with van der Waals surface area (Å²) in [6, 6.07) is 0. The summed E-state index contributed by atoms with van der Waals surface area (Å²) in [5, 5.41) is 3.75. The van der Waals surface area contributed by atoms with Gasteiger partial charge in [0.25, 0.3) is 5.96 Å². The minimum Gasteiger partial charge on any atom is -0.368 e. The van der Waals surface area contributed by atoms with Crippen LogP contribution in [0.4, 0.5) is 0 Å². The van der Waals surface area contributed by atoms with Crippen molar-refractivity contribution in [1.82, 2.24) is 5.06 Å². The van der Waals surface area contributed by atoms with Crippen molar-refractivity contribution >= 4 is 22.3 Å². The van der Waals surface area contributed by atoms with Crippen molar-refractivity contribution in [2.24, 2.45) is 21.6 Å². The Morgan fingerprint density at radius 1 is 1.50 bits per heavy atom. The van der Waals surface area contributed by atoms with Gasteiger partial charge in [0.2, 0.25) is 5.96 Å². The Kier molecular flexibility index (Phi) is 2.76. The average Bonchev–Trinajstić information content (AvgIpc) is 2.10. The molecule has 80 valence electrons. The van der Waals surface area contributed by atoms with Gasteiger partial charge in [0.15, 0.2) is 0 Å². The van der Waals surface area contributed by atoms with Gasteiger partial charge >= 0.3 is 10.4 Å². The quantitative estimate of drug-likeness (QED) is 0.528. The van der Waals surface area contributed by atoms with Gasteiger partial charge in [0, 0.05) is 6.54 Å². The monoisotopic (exact) mass is 223 g/mol. The number of nitrogens with two attached hydrogens (primary N) is 2. The number of rotatable bonds is 1. The first-order chi connectivity index (χ1) is 6.44. The highest BCUT2D eigenvalue weighted by Gasteiger charge is 2.22. The van der Waals surface area contributed by atoms with Crippen LogP contribution in [0, 0.1) is 0 Å². The Balaban J connectivity index is 3.06. The molecule has 14 heavy (non-hydrogen) atoms. The van der Waals surface area contributed by atoms with Gasteiger partial charge in [0.1, 0.15) is 0 Å². The fourth-order valence-corrected chi connectivity index (χ4v) is 1.25. The molecule has 4 N–H and O–H groups in total. The van der Waals surface area contributed by atoms with Crippen LogP contribution >= 0.6 is 0 Å². The minimum absolute atomic E-state index is 0.158. The van der Waals surface area contributed by atoms with Crippen molar-refractivity contribution in [3.05, 3.63) is 0 Å². The van der Waals surface area contributed by atoms with Crippen molar-refractivity contribution in [3.63, 3.8) is 0 Å². The topological polar surface area (TPSA) is 133 Å². The normalized spacial score (nSPS) is 28.8. The standard InChI is InChI=1S/C4H9N5O4S/c1-2-9-4(6)7-3(5)8-12-14(10,11)13-9/h2H2,1H3,(H4,5,6,7,8). The summed E-state index contributed by atoms with van der Waals surface area (Å²) in [5.41, 5.74) is 10.5. The molecular formula is C4H9N5O4S. The average molecular weight is 223 g/mol. The van der Waals surface area contributed by atoms with Crippen LogP contribution in [-0.2, 0) is 19.0 Å². The zero-order valence-electron chi connectivity index (χ0n) is 7.24. The van der Waals surface area contributed by atoms with E-state index in [2.05, 4.69) is 18.7 Å². The Morgan fingerprint density at radius 3 is 2.71 bits per heavy atom. The smallest absolute Gasteiger partial charge is 0.368 e. The molecule has 0 aromatic heterocycles. The number of hydrogen-bond acceptors (Lipinski definition) is 9. The van der Waals surface area contributed by atoms with Crippen LogP contribution in [0.25, 0.3) is 0 Å². The second kappa shape index (κ2) is 3.67. The van der Waals surface area contributed by atoms with Gasteiger partial charge in [0.05, 0.1) is 0 Å². The number of aliphatic imine (C=N–C) groups is 1. The predicted octanol–water partition coefficient (Wildman–Crippen LogP) is -1.94.